The molecule has 25 heavy (non-hydrogen) atoms. The number of aromatic hydroxyl groups is 1. The number of carbonyl (C=O) groups excluding carboxylic acids is 1. The van der Waals surface area contributed by atoms with Crippen molar-refractivity contribution in [3.05, 3.63) is 59.4 Å². The van der Waals surface area contributed by atoms with Crippen molar-refractivity contribution < 1.29 is 14.6 Å². The third-order valence-corrected chi connectivity index (χ3v) is 4.57. The monoisotopic (exact) mass is 354 g/mol. The second kappa shape index (κ2) is 6.26. The largest absolute Gasteiger partial charge is 0.508 e. The van der Waals surface area contributed by atoms with Crippen molar-refractivity contribution in [2.24, 2.45) is 0 Å². The number of phenols is 1. The van der Waals surface area contributed by atoms with E-state index in [1.807, 2.05) is 0 Å². The van der Waals surface area contributed by atoms with Crippen molar-refractivity contribution in [2.75, 3.05) is 11.9 Å². The molecule has 3 aromatic rings. The summed E-state index contributed by atoms with van der Waals surface area (Å²) >= 11 is 6.08. The van der Waals surface area contributed by atoms with E-state index >= 15 is 0 Å². The number of fused-ring (bicyclic) bond motifs is 2. The molecule has 0 unspecified atom stereocenters. The number of amides is 1. The molecule has 1 atom stereocenters. The van der Waals surface area contributed by atoms with Crippen molar-refractivity contribution in [3.63, 3.8) is 0 Å². The fourth-order valence-electron chi connectivity index (χ4n) is 3.11. The number of pyridine rings is 1. The Hall–Kier alpha value is -2.79. The van der Waals surface area contributed by atoms with Crippen LogP contribution in [0, 0.1) is 0 Å². The van der Waals surface area contributed by atoms with Crippen molar-refractivity contribution >= 4 is 34.0 Å². The van der Waals surface area contributed by atoms with Gasteiger partial charge >= 0.3 is 0 Å². The molecule has 1 amide bonds. The van der Waals surface area contributed by atoms with Gasteiger partial charge in [-0.1, -0.05) is 11.6 Å². The number of halogens is 1. The van der Waals surface area contributed by atoms with Crippen LogP contribution < -0.4 is 10.1 Å². The summed E-state index contributed by atoms with van der Waals surface area (Å²) in [6.07, 6.45) is 3.84. The predicted octanol–water partition coefficient (Wildman–Crippen LogP) is 4.10. The van der Waals surface area contributed by atoms with Crippen molar-refractivity contribution in [1.29, 1.82) is 0 Å². The van der Waals surface area contributed by atoms with Crippen molar-refractivity contribution in [1.82, 2.24) is 4.98 Å². The lowest BCUT2D eigenvalue weighted by molar-refractivity contribution is -0.118. The van der Waals surface area contributed by atoms with E-state index in [1.54, 1.807) is 48.8 Å². The lowest BCUT2D eigenvalue weighted by Gasteiger charge is -2.25. The zero-order valence-corrected chi connectivity index (χ0v) is 14.0. The molecule has 0 bridgehead atoms. The lowest BCUT2D eigenvalue weighted by atomic mass is 9.92. The molecule has 2 N–H and O–H groups in total. The molecule has 1 aliphatic rings. The second-order valence-corrected chi connectivity index (χ2v) is 6.39. The summed E-state index contributed by atoms with van der Waals surface area (Å²) in [5.74, 6) is 0.321. The van der Waals surface area contributed by atoms with Gasteiger partial charge in [-0.2, -0.15) is 0 Å². The first-order chi connectivity index (χ1) is 12.1. The Kier molecular flexibility index (Phi) is 3.93. The molecule has 126 valence electrons. The van der Waals surface area contributed by atoms with Crippen LogP contribution in [-0.4, -0.2) is 22.6 Å². The van der Waals surface area contributed by atoms with E-state index in [1.165, 1.54) is 0 Å². The summed E-state index contributed by atoms with van der Waals surface area (Å²) in [6.45, 7) is 0.474. The third-order valence-electron chi connectivity index (χ3n) is 4.33. The van der Waals surface area contributed by atoms with Gasteiger partial charge in [0, 0.05) is 27.6 Å². The van der Waals surface area contributed by atoms with E-state index < -0.39 is 0 Å². The average molecular weight is 355 g/mol. The highest BCUT2D eigenvalue weighted by Crippen LogP contribution is 2.36. The molecule has 5 nitrogen and oxygen atoms in total. The van der Waals surface area contributed by atoms with Crippen LogP contribution in [0.2, 0.25) is 5.02 Å². The minimum atomic E-state index is -0.352. The van der Waals surface area contributed by atoms with Gasteiger partial charge in [0.05, 0.1) is 24.4 Å². The van der Waals surface area contributed by atoms with Crippen LogP contribution in [0.25, 0.3) is 10.8 Å². The number of phenolic OH excluding ortho intramolecular Hbond substituents is 1. The molecular formula is C19H15ClN2O3. The zero-order valence-electron chi connectivity index (χ0n) is 13.2. The Morgan fingerprint density at radius 3 is 3.00 bits per heavy atom. The molecular weight excluding hydrogens is 340 g/mol. The lowest BCUT2D eigenvalue weighted by Crippen LogP contribution is -2.26. The molecule has 0 spiro atoms. The first kappa shape index (κ1) is 15.7. The summed E-state index contributed by atoms with van der Waals surface area (Å²) in [6, 6.07) is 10.3. The first-order valence-corrected chi connectivity index (χ1v) is 8.29. The number of aromatic nitrogens is 1. The van der Waals surface area contributed by atoms with Crippen LogP contribution in [0.5, 0.6) is 11.5 Å². The van der Waals surface area contributed by atoms with E-state index in [9.17, 15) is 9.90 Å². The van der Waals surface area contributed by atoms with Crippen LogP contribution in [0.4, 0.5) is 5.69 Å². The average Bonchev–Trinajstić information content (AvgIpc) is 2.61. The van der Waals surface area contributed by atoms with Crippen LogP contribution in [0.15, 0.2) is 48.8 Å². The van der Waals surface area contributed by atoms with Gasteiger partial charge in [-0.25, -0.2) is 0 Å². The van der Waals surface area contributed by atoms with Crippen molar-refractivity contribution in [2.45, 2.75) is 12.3 Å². The Balaban J connectivity index is 1.68. The third kappa shape index (κ3) is 2.98. The Morgan fingerprint density at radius 1 is 1.24 bits per heavy atom. The topological polar surface area (TPSA) is 71.5 Å². The molecule has 0 saturated carbocycles. The van der Waals surface area contributed by atoms with Gasteiger partial charge in [-0.05, 0) is 42.8 Å². The van der Waals surface area contributed by atoms with Gasteiger partial charge in [-0.3, -0.25) is 9.78 Å². The number of carbonyl (C=O) groups is 1. The molecule has 0 aliphatic carbocycles. The number of anilines is 1. The maximum absolute atomic E-state index is 12.9. The number of rotatable bonds is 2. The van der Waals surface area contributed by atoms with Crippen LogP contribution in [0.1, 0.15) is 17.9 Å². The number of benzene rings is 2. The van der Waals surface area contributed by atoms with Crippen LogP contribution in [0.3, 0.4) is 0 Å². The summed E-state index contributed by atoms with van der Waals surface area (Å²) in [4.78, 5) is 17.0. The highest BCUT2D eigenvalue weighted by atomic mass is 35.5. The molecule has 0 saturated heterocycles. The maximum Gasteiger partial charge on any atom is 0.232 e. The minimum Gasteiger partial charge on any atom is -0.508 e. The summed E-state index contributed by atoms with van der Waals surface area (Å²) < 4.78 is 5.61. The van der Waals surface area contributed by atoms with Crippen LogP contribution >= 0.6 is 11.6 Å². The molecule has 1 aliphatic heterocycles. The predicted molar refractivity (Wildman–Crippen MR) is 96.3 cm³/mol. The Bertz CT molecular complexity index is 974. The maximum atomic E-state index is 12.9. The number of nitrogens with zero attached hydrogens (tertiary/aromatic N) is 1. The van der Waals surface area contributed by atoms with E-state index in [-0.39, 0.29) is 17.6 Å². The van der Waals surface area contributed by atoms with Gasteiger partial charge < -0.3 is 15.2 Å². The second-order valence-electron chi connectivity index (χ2n) is 5.95. The molecule has 2 heterocycles. The Labute approximate surface area is 149 Å². The number of hydrogen-bond acceptors (Lipinski definition) is 4. The van der Waals surface area contributed by atoms with Gasteiger partial charge in [0.1, 0.15) is 11.5 Å². The minimum absolute atomic E-state index is 0.136. The summed E-state index contributed by atoms with van der Waals surface area (Å²) in [5, 5.41) is 14.8. The normalized spacial score (nSPS) is 16.1. The van der Waals surface area contributed by atoms with E-state index in [4.69, 9.17) is 16.3 Å². The SMILES string of the molecule is O=C(Nc1cncc2ccc(O)cc12)[C@@H]1CCOc2ccc(Cl)cc21. The quantitative estimate of drug-likeness (QED) is 0.726. The highest BCUT2D eigenvalue weighted by Gasteiger charge is 2.28. The molecule has 6 heteroatoms. The van der Waals surface area contributed by atoms with Gasteiger partial charge in [0.15, 0.2) is 0 Å². The smallest absolute Gasteiger partial charge is 0.232 e. The molecule has 2 aromatic carbocycles. The zero-order chi connectivity index (χ0) is 17.4. The van der Waals surface area contributed by atoms with Gasteiger partial charge in [0.2, 0.25) is 5.91 Å². The summed E-state index contributed by atoms with van der Waals surface area (Å²) in [5.41, 5.74) is 1.35. The molecule has 4 rings (SSSR count). The molecule has 0 radical (unpaired) electrons. The fraction of sp³-hybridized carbons (Fsp3) is 0.158. The first-order valence-electron chi connectivity index (χ1n) is 7.91. The molecule has 1 aromatic heterocycles. The van der Waals surface area contributed by atoms with Gasteiger partial charge in [-0.15, -0.1) is 0 Å². The number of hydrogen-bond donors (Lipinski definition) is 2. The van der Waals surface area contributed by atoms with Gasteiger partial charge in [0.25, 0.3) is 0 Å². The van der Waals surface area contributed by atoms with Crippen LogP contribution in [-0.2, 0) is 4.79 Å². The van der Waals surface area contributed by atoms with E-state index in [0.717, 1.165) is 16.3 Å². The number of nitrogens with one attached hydrogen (secondary N) is 1. The van der Waals surface area contributed by atoms with Crippen molar-refractivity contribution in [3.8, 4) is 11.5 Å². The molecule has 0 fully saturated rings. The highest BCUT2D eigenvalue weighted by molar-refractivity contribution is 6.30. The fourth-order valence-corrected chi connectivity index (χ4v) is 3.29. The number of ether oxygens (including phenoxy) is 1. The summed E-state index contributed by atoms with van der Waals surface area (Å²) in [7, 11) is 0. The Morgan fingerprint density at radius 2 is 2.12 bits per heavy atom. The standard InChI is InChI=1S/C19H15ClN2O3/c20-12-2-4-18-16(7-12)14(5-6-25-18)19(24)22-17-10-21-9-11-1-3-13(23)8-15(11)17/h1-4,7-10,14,23H,5-6H2,(H,22,24)/t14-/m1/s1. The van der Waals surface area contributed by atoms with E-state index in [2.05, 4.69) is 10.3 Å². The van der Waals surface area contributed by atoms with E-state index in [0.29, 0.717) is 29.5 Å².